The van der Waals surface area contributed by atoms with Gasteiger partial charge in [0.1, 0.15) is 0 Å². The third kappa shape index (κ3) is 2.20. The summed E-state index contributed by atoms with van der Waals surface area (Å²) in [4.78, 5) is 10.5. The van der Waals surface area contributed by atoms with Crippen LogP contribution in [-0.4, -0.2) is 36.1 Å². The van der Waals surface area contributed by atoms with Crippen molar-refractivity contribution in [2.75, 3.05) is 25.0 Å². The van der Waals surface area contributed by atoms with Gasteiger partial charge in [-0.15, -0.1) is 0 Å². The maximum absolute atomic E-state index is 4.21. The summed E-state index contributed by atoms with van der Waals surface area (Å²) in [6, 6.07) is 2.44. The quantitative estimate of drug-likeness (QED) is 0.764. The first-order valence-electron chi connectivity index (χ1n) is 5.08. The minimum absolute atomic E-state index is 0.601. The van der Waals surface area contributed by atoms with E-state index in [4.69, 9.17) is 0 Å². The Morgan fingerprint density at radius 2 is 2.29 bits per heavy atom. The number of likely N-dealkylation sites (N-methyl/N-ethyl adjacent to an activating group) is 1. The Morgan fingerprint density at radius 3 is 2.93 bits per heavy atom. The lowest BCUT2D eigenvalue weighted by Crippen LogP contribution is -2.36. The van der Waals surface area contributed by atoms with Crippen LogP contribution in [0.2, 0.25) is 0 Å². The highest BCUT2D eigenvalue weighted by molar-refractivity contribution is 5.26. The highest BCUT2D eigenvalue weighted by atomic mass is 15.2. The molecule has 1 saturated heterocycles. The molecule has 0 bridgehead atoms. The Labute approximate surface area is 84.4 Å². The Bertz CT molecular complexity index is 269. The van der Waals surface area contributed by atoms with E-state index in [0.29, 0.717) is 6.04 Å². The van der Waals surface area contributed by atoms with Crippen molar-refractivity contribution in [3.8, 4) is 0 Å². The van der Waals surface area contributed by atoms with Gasteiger partial charge in [-0.2, -0.15) is 0 Å². The Balaban J connectivity index is 1.92. The molecule has 0 saturated carbocycles. The van der Waals surface area contributed by atoms with Crippen molar-refractivity contribution < 1.29 is 0 Å². The van der Waals surface area contributed by atoms with Gasteiger partial charge >= 0.3 is 0 Å². The molecule has 0 aliphatic carbocycles. The molecule has 4 heteroatoms. The van der Waals surface area contributed by atoms with Crippen LogP contribution in [-0.2, 0) is 0 Å². The maximum Gasteiger partial charge on any atom is 0.225 e. The van der Waals surface area contributed by atoms with E-state index in [1.54, 1.807) is 12.4 Å². The summed E-state index contributed by atoms with van der Waals surface area (Å²) in [5, 5.41) is 3.46. The normalized spacial score (nSPS) is 21.1. The van der Waals surface area contributed by atoms with E-state index in [9.17, 15) is 0 Å². The molecule has 2 heterocycles. The number of aromatic nitrogens is 2. The zero-order chi connectivity index (χ0) is 9.80. The molecule has 1 atom stereocenters. The average molecular weight is 192 g/mol. The van der Waals surface area contributed by atoms with Gasteiger partial charge in [0.05, 0.1) is 0 Å². The number of nitrogens with zero attached hydrogens (tertiary/aromatic N) is 3. The average Bonchev–Trinajstić information content (AvgIpc) is 2.72. The Kier molecular flexibility index (Phi) is 2.93. The first kappa shape index (κ1) is 9.40. The van der Waals surface area contributed by atoms with E-state index in [1.165, 1.54) is 12.8 Å². The number of hydrogen-bond donors (Lipinski definition) is 1. The SMILES string of the molecule is CN(C[C@@H]1CCCN1)c1ncccn1. The van der Waals surface area contributed by atoms with Gasteiger partial charge in [0.25, 0.3) is 0 Å². The van der Waals surface area contributed by atoms with E-state index < -0.39 is 0 Å². The van der Waals surface area contributed by atoms with Crippen LogP contribution in [0.1, 0.15) is 12.8 Å². The van der Waals surface area contributed by atoms with Gasteiger partial charge in [-0.1, -0.05) is 0 Å². The second kappa shape index (κ2) is 4.37. The van der Waals surface area contributed by atoms with E-state index in [-0.39, 0.29) is 0 Å². The zero-order valence-electron chi connectivity index (χ0n) is 8.48. The summed E-state index contributed by atoms with van der Waals surface area (Å²) in [7, 11) is 2.04. The summed E-state index contributed by atoms with van der Waals surface area (Å²) in [5.74, 6) is 0.807. The molecular weight excluding hydrogens is 176 g/mol. The van der Waals surface area contributed by atoms with Crippen molar-refractivity contribution >= 4 is 5.95 Å². The molecule has 4 nitrogen and oxygen atoms in total. The monoisotopic (exact) mass is 192 g/mol. The summed E-state index contributed by atoms with van der Waals surface area (Å²) >= 11 is 0. The van der Waals surface area contributed by atoms with Crippen molar-refractivity contribution in [1.29, 1.82) is 0 Å². The number of rotatable bonds is 3. The molecule has 0 radical (unpaired) electrons. The molecule has 0 amide bonds. The fourth-order valence-corrected chi connectivity index (χ4v) is 1.81. The predicted molar refractivity (Wildman–Crippen MR) is 56.3 cm³/mol. The van der Waals surface area contributed by atoms with Crippen molar-refractivity contribution in [1.82, 2.24) is 15.3 Å². The highest BCUT2D eigenvalue weighted by Gasteiger charge is 2.16. The van der Waals surface area contributed by atoms with Crippen LogP contribution in [0.4, 0.5) is 5.95 Å². The minimum Gasteiger partial charge on any atom is -0.342 e. The highest BCUT2D eigenvalue weighted by Crippen LogP contribution is 2.09. The third-order valence-corrected chi connectivity index (χ3v) is 2.55. The zero-order valence-corrected chi connectivity index (χ0v) is 8.48. The van der Waals surface area contributed by atoms with Crippen LogP contribution in [0.15, 0.2) is 18.5 Å². The van der Waals surface area contributed by atoms with Crippen LogP contribution in [0, 0.1) is 0 Å². The molecule has 1 aromatic rings. The van der Waals surface area contributed by atoms with Crippen LogP contribution in [0.5, 0.6) is 0 Å². The molecule has 0 aromatic carbocycles. The fraction of sp³-hybridized carbons (Fsp3) is 0.600. The molecular formula is C10H16N4. The van der Waals surface area contributed by atoms with E-state index in [1.807, 2.05) is 13.1 Å². The van der Waals surface area contributed by atoms with Crippen LogP contribution < -0.4 is 10.2 Å². The van der Waals surface area contributed by atoms with Gasteiger partial charge in [0.15, 0.2) is 0 Å². The second-order valence-electron chi connectivity index (χ2n) is 3.72. The van der Waals surface area contributed by atoms with Crippen molar-refractivity contribution in [2.24, 2.45) is 0 Å². The fourth-order valence-electron chi connectivity index (χ4n) is 1.81. The first-order chi connectivity index (χ1) is 6.86. The number of anilines is 1. The van der Waals surface area contributed by atoms with Gasteiger partial charge in [-0.05, 0) is 25.5 Å². The van der Waals surface area contributed by atoms with Gasteiger partial charge in [-0.3, -0.25) is 0 Å². The maximum atomic E-state index is 4.21. The summed E-state index contributed by atoms with van der Waals surface area (Å²) in [6.07, 6.45) is 6.10. The van der Waals surface area contributed by atoms with Gasteiger partial charge < -0.3 is 10.2 Å². The van der Waals surface area contributed by atoms with E-state index in [0.717, 1.165) is 19.0 Å². The molecule has 1 N–H and O–H groups in total. The van der Waals surface area contributed by atoms with Crippen LogP contribution >= 0.6 is 0 Å². The molecule has 0 unspecified atom stereocenters. The van der Waals surface area contributed by atoms with Crippen LogP contribution in [0.25, 0.3) is 0 Å². The molecule has 1 fully saturated rings. The molecule has 1 aromatic heterocycles. The minimum atomic E-state index is 0.601. The molecule has 76 valence electrons. The van der Waals surface area contributed by atoms with Crippen molar-refractivity contribution in [3.63, 3.8) is 0 Å². The predicted octanol–water partition coefficient (Wildman–Crippen LogP) is 0.665. The van der Waals surface area contributed by atoms with E-state index in [2.05, 4.69) is 20.2 Å². The number of nitrogens with one attached hydrogen (secondary N) is 1. The Hall–Kier alpha value is -1.16. The van der Waals surface area contributed by atoms with Crippen molar-refractivity contribution in [3.05, 3.63) is 18.5 Å². The third-order valence-electron chi connectivity index (χ3n) is 2.55. The summed E-state index contributed by atoms with van der Waals surface area (Å²) in [5.41, 5.74) is 0. The lowest BCUT2D eigenvalue weighted by Gasteiger charge is -2.20. The molecule has 1 aliphatic rings. The smallest absolute Gasteiger partial charge is 0.225 e. The molecule has 14 heavy (non-hydrogen) atoms. The molecule has 1 aliphatic heterocycles. The standard InChI is InChI=1S/C10H16N4/c1-14(8-9-4-2-5-11-9)10-12-6-3-7-13-10/h3,6-7,9,11H,2,4-5,8H2,1H3/t9-/m0/s1. The first-order valence-corrected chi connectivity index (χ1v) is 5.08. The lowest BCUT2D eigenvalue weighted by molar-refractivity contribution is 0.594. The van der Waals surface area contributed by atoms with Gasteiger partial charge in [0.2, 0.25) is 5.95 Å². The second-order valence-corrected chi connectivity index (χ2v) is 3.72. The van der Waals surface area contributed by atoms with Crippen molar-refractivity contribution in [2.45, 2.75) is 18.9 Å². The van der Waals surface area contributed by atoms with Gasteiger partial charge in [-0.25, -0.2) is 9.97 Å². The molecule has 0 spiro atoms. The lowest BCUT2D eigenvalue weighted by atomic mass is 10.2. The van der Waals surface area contributed by atoms with E-state index >= 15 is 0 Å². The largest absolute Gasteiger partial charge is 0.342 e. The summed E-state index contributed by atoms with van der Waals surface area (Å²) in [6.45, 7) is 2.14. The summed E-state index contributed by atoms with van der Waals surface area (Å²) < 4.78 is 0. The van der Waals surface area contributed by atoms with Crippen LogP contribution in [0.3, 0.4) is 0 Å². The molecule has 2 rings (SSSR count). The van der Waals surface area contributed by atoms with Gasteiger partial charge in [0, 0.05) is 32.0 Å². The topological polar surface area (TPSA) is 41.0 Å². The number of hydrogen-bond acceptors (Lipinski definition) is 4. The Morgan fingerprint density at radius 1 is 1.50 bits per heavy atom.